The van der Waals surface area contributed by atoms with E-state index in [9.17, 15) is 0 Å². The summed E-state index contributed by atoms with van der Waals surface area (Å²) in [6.45, 7) is 0. The Morgan fingerprint density at radius 3 is 2.10 bits per heavy atom. The Bertz CT molecular complexity index is 2220. The molecule has 2 nitrogen and oxygen atoms in total. The number of nitrogens with zero attached hydrogens (tertiary/aromatic N) is 2. The maximum Gasteiger partial charge on any atom is 0.0787 e. The van der Waals surface area contributed by atoms with Gasteiger partial charge in [-0.15, -0.1) is 0 Å². The van der Waals surface area contributed by atoms with Gasteiger partial charge < -0.3 is 0 Å². The van der Waals surface area contributed by atoms with Crippen molar-refractivity contribution in [3.63, 3.8) is 0 Å². The molecule has 0 saturated heterocycles. The van der Waals surface area contributed by atoms with Gasteiger partial charge in [-0.25, -0.2) is 4.98 Å². The van der Waals surface area contributed by atoms with E-state index in [1.807, 2.05) is 0 Å². The second-order valence-corrected chi connectivity index (χ2v) is 11.4. The number of hydrogen-bond donors (Lipinski definition) is 0. The van der Waals surface area contributed by atoms with Crippen LogP contribution in [0.4, 0.5) is 5.69 Å². The fraction of sp³-hybridized carbons (Fsp3) is 0.0500. The zero-order valence-corrected chi connectivity index (χ0v) is 23.0. The highest BCUT2D eigenvalue weighted by Crippen LogP contribution is 2.48. The van der Waals surface area contributed by atoms with Crippen LogP contribution in [0, 0.1) is 0 Å². The van der Waals surface area contributed by atoms with Gasteiger partial charge in [0.2, 0.25) is 0 Å². The molecular formula is C40H26N2. The number of pyridine rings is 1. The maximum atomic E-state index is 5.26. The van der Waals surface area contributed by atoms with Gasteiger partial charge in [-0.3, -0.25) is 4.99 Å². The molecule has 0 fully saturated rings. The molecule has 9 rings (SSSR count). The number of aromatic nitrogens is 1. The highest BCUT2D eigenvalue weighted by Gasteiger charge is 2.31. The smallest absolute Gasteiger partial charge is 0.0787 e. The zero-order chi connectivity index (χ0) is 27.6. The Morgan fingerprint density at radius 2 is 1.19 bits per heavy atom. The van der Waals surface area contributed by atoms with Crippen LogP contribution in [0.3, 0.4) is 0 Å². The van der Waals surface area contributed by atoms with Crippen molar-refractivity contribution in [2.24, 2.45) is 4.99 Å². The Balaban J connectivity index is 1.11. The monoisotopic (exact) mass is 534 g/mol. The molecule has 0 amide bonds. The molecule has 0 spiro atoms. The summed E-state index contributed by atoms with van der Waals surface area (Å²) in [5, 5.41) is 3.57. The normalized spacial score (nSPS) is 15.0. The molecular weight excluding hydrogens is 508 g/mol. The summed E-state index contributed by atoms with van der Waals surface area (Å²) in [5.74, 6) is 0.308. The Kier molecular flexibility index (Phi) is 5.06. The average molecular weight is 535 g/mol. The van der Waals surface area contributed by atoms with Crippen molar-refractivity contribution in [3.05, 3.63) is 156 Å². The van der Waals surface area contributed by atoms with Crippen LogP contribution >= 0.6 is 0 Å². The third-order valence-corrected chi connectivity index (χ3v) is 9.02. The molecule has 1 aliphatic carbocycles. The van der Waals surface area contributed by atoms with Crippen molar-refractivity contribution < 1.29 is 0 Å². The largest absolute Gasteiger partial charge is 0.252 e. The second kappa shape index (κ2) is 9.09. The molecule has 2 heteroatoms. The molecule has 2 aliphatic rings. The van der Waals surface area contributed by atoms with E-state index >= 15 is 0 Å². The van der Waals surface area contributed by atoms with Crippen molar-refractivity contribution in [1.29, 1.82) is 0 Å². The fourth-order valence-electron chi connectivity index (χ4n) is 6.92. The van der Waals surface area contributed by atoms with Crippen LogP contribution in [0.15, 0.2) is 145 Å². The van der Waals surface area contributed by atoms with Gasteiger partial charge in [0.05, 0.1) is 16.9 Å². The van der Waals surface area contributed by atoms with Crippen molar-refractivity contribution in [2.75, 3.05) is 0 Å². The van der Waals surface area contributed by atoms with E-state index in [0.29, 0.717) is 5.92 Å². The maximum absolute atomic E-state index is 5.26. The Hall–Kier alpha value is -5.34. The van der Waals surface area contributed by atoms with E-state index in [0.717, 1.165) is 34.3 Å². The molecule has 0 radical (unpaired) electrons. The van der Waals surface area contributed by atoms with E-state index in [4.69, 9.17) is 9.98 Å². The first kappa shape index (κ1) is 23.4. The number of hydrogen-bond acceptors (Lipinski definition) is 2. The molecule has 1 aliphatic heterocycles. The van der Waals surface area contributed by atoms with E-state index in [1.54, 1.807) is 0 Å². The standard InChI is InChI=1S/C40H26N2/c1-2-8-30-26(7-1)15-18-28-20-22-37(42-40(28)30)27-16-13-25(14-17-27)29-19-21-35-36-24-39(41-38(35)23-29)34-12-6-5-10-32(34)31-9-3-4-11-33(31)36/h1-23,36H,24H2. The highest BCUT2D eigenvalue weighted by atomic mass is 14.8. The van der Waals surface area contributed by atoms with Crippen molar-refractivity contribution in [1.82, 2.24) is 4.98 Å². The first-order valence-electron chi connectivity index (χ1n) is 14.6. The summed E-state index contributed by atoms with van der Waals surface area (Å²) in [4.78, 5) is 10.4. The van der Waals surface area contributed by atoms with E-state index in [2.05, 4.69) is 140 Å². The minimum atomic E-state index is 0.308. The van der Waals surface area contributed by atoms with Gasteiger partial charge in [-0.2, -0.15) is 0 Å². The molecule has 1 aromatic heterocycles. The van der Waals surface area contributed by atoms with Crippen LogP contribution in [0.5, 0.6) is 0 Å². The van der Waals surface area contributed by atoms with Crippen molar-refractivity contribution in [2.45, 2.75) is 12.3 Å². The summed E-state index contributed by atoms with van der Waals surface area (Å²) in [7, 11) is 0. The Morgan fingerprint density at radius 1 is 0.500 bits per heavy atom. The number of benzene rings is 6. The van der Waals surface area contributed by atoms with Crippen LogP contribution in [0.2, 0.25) is 0 Å². The van der Waals surface area contributed by atoms with Crippen molar-refractivity contribution >= 4 is 33.1 Å². The molecule has 6 aromatic carbocycles. The fourth-order valence-corrected chi connectivity index (χ4v) is 6.92. The lowest BCUT2D eigenvalue weighted by Crippen LogP contribution is -2.12. The molecule has 42 heavy (non-hydrogen) atoms. The minimum absolute atomic E-state index is 0.308. The third-order valence-electron chi connectivity index (χ3n) is 9.02. The van der Waals surface area contributed by atoms with Gasteiger partial charge >= 0.3 is 0 Å². The molecule has 7 aromatic rings. The van der Waals surface area contributed by atoms with Crippen LogP contribution < -0.4 is 0 Å². The molecule has 0 saturated carbocycles. The van der Waals surface area contributed by atoms with E-state index in [-0.39, 0.29) is 0 Å². The van der Waals surface area contributed by atoms with Gasteiger partial charge in [0, 0.05) is 39.9 Å². The number of rotatable bonds is 2. The predicted octanol–water partition coefficient (Wildman–Crippen LogP) is 10.4. The summed E-state index contributed by atoms with van der Waals surface area (Å²) >= 11 is 0. The SMILES string of the molecule is c1ccc2c(c1)C1=Nc3cc(-c4ccc(-c5ccc6ccc7ccccc7c6n5)cc4)ccc3C(C1)c1ccccc1-2. The van der Waals surface area contributed by atoms with Crippen molar-refractivity contribution in [3.8, 4) is 33.5 Å². The first-order valence-corrected chi connectivity index (χ1v) is 14.6. The number of aliphatic imine (C=N–C) groups is 1. The van der Waals surface area contributed by atoms with Crippen LogP contribution in [-0.2, 0) is 0 Å². The Labute approximate surface area is 244 Å². The van der Waals surface area contributed by atoms with Crippen LogP contribution in [0.1, 0.15) is 29.0 Å². The van der Waals surface area contributed by atoms with Crippen LogP contribution in [-0.4, -0.2) is 10.7 Å². The predicted molar refractivity (Wildman–Crippen MR) is 175 cm³/mol. The summed E-state index contributed by atoms with van der Waals surface area (Å²) in [6, 6.07) is 50.3. The second-order valence-electron chi connectivity index (χ2n) is 11.4. The highest BCUT2D eigenvalue weighted by molar-refractivity contribution is 6.10. The van der Waals surface area contributed by atoms with Crippen LogP contribution in [0.25, 0.3) is 55.2 Å². The molecule has 0 N–H and O–H groups in total. The van der Waals surface area contributed by atoms with Gasteiger partial charge in [0.15, 0.2) is 0 Å². The summed E-state index contributed by atoms with van der Waals surface area (Å²) in [5.41, 5.74) is 14.4. The lowest BCUT2D eigenvalue weighted by molar-refractivity contribution is 0.847. The lowest BCUT2D eigenvalue weighted by atomic mass is 9.82. The van der Waals surface area contributed by atoms with Gasteiger partial charge in [-0.05, 0) is 50.9 Å². The molecule has 196 valence electrons. The van der Waals surface area contributed by atoms with Gasteiger partial charge in [-0.1, -0.05) is 127 Å². The summed E-state index contributed by atoms with van der Waals surface area (Å²) < 4.78 is 0. The molecule has 2 heterocycles. The number of fused-ring (bicyclic) bond motifs is 12. The van der Waals surface area contributed by atoms with E-state index in [1.165, 1.54) is 55.4 Å². The van der Waals surface area contributed by atoms with E-state index < -0.39 is 0 Å². The molecule has 1 unspecified atom stereocenters. The minimum Gasteiger partial charge on any atom is -0.252 e. The first-order chi connectivity index (χ1) is 20.8. The average Bonchev–Trinajstić information content (AvgIpc) is 3.17. The quantitative estimate of drug-likeness (QED) is 0.203. The van der Waals surface area contributed by atoms with Gasteiger partial charge in [0.1, 0.15) is 0 Å². The molecule has 2 bridgehead atoms. The lowest BCUT2D eigenvalue weighted by Gasteiger charge is -2.25. The topological polar surface area (TPSA) is 25.2 Å². The zero-order valence-electron chi connectivity index (χ0n) is 23.0. The van der Waals surface area contributed by atoms with Gasteiger partial charge in [0.25, 0.3) is 0 Å². The third kappa shape index (κ3) is 3.59. The summed E-state index contributed by atoms with van der Waals surface area (Å²) in [6.07, 6.45) is 0.934. The molecule has 1 atom stereocenters.